The number of H-pyrrole nitrogens is 1. The van der Waals surface area contributed by atoms with Crippen LogP contribution in [0.2, 0.25) is 10.0 Å². The molecule has 2 aromatic carbocycles. The molecule has 1 spiro atoms. The molecule has 1 aliphatic heterocycles. The number of carbonyl (C=O) groups excluding carboxylic acids is 2. The predicted octanol–water partition coefficient (Wildman–Crippen LogP) is 8.13. The zero-order valence-electron chi connectivity index (χ0n) is 27.8. The van der Waals surface area contributed by atoms with Gasteiger partial charge in [0.25, 0.3) is 11.8 Å². The second-order valence-electron chi connectivity index (χ2n) is 15.1. The molecule has 1 aromatic heterocycles. The van der Waals surface area contributed by atoms with Gasteiger partial charge in [0.2, 0.25) is 0 Å². The van der Waals surface area contributed by atoms with Crippen LogP contribution in [-0.4, -0.2) is 48.7 Å². The van der Waals surface area contributed by atoms with Crippen molar-refractivity contribution < 1.29 is 9.59 Å². The van der Waals surface area contributed by atoms with E-state index in [-0.39, 0.29) is 28.7 Å². The van der Waals surface area contributed by atoms with E-state index in [2.05, 4.69) is 72.4 Å². The smallest absolute Gasteiger partial charge is 0.275 e. The van der Waals surface area contributed by atoms with E-state index < -0.39 is 11.7 Å². The van der Waals surface area contributed by atoms with E-state index in [1.165, 1.54) is 0 Å². The van der Waals surface area contributed by atoms with Crippen LogP contribution < -0.4 is 5.32 Å². The topological polar surface area (TPSA) is 116 Å². The van der Waals surface area contributed by atoms with Crippen molar-refractivity contribution in [3.8, 4) is 0 Å². The average molecular weight is 667 g/mol. The van der Waals surface area contributed by atoms with E-state index >= 15 is 0 Å². The molecule has 5 rings (SSSR count). The van der Waals surface area contributed by atoms with Gasteiger partial charge in [-0.3, -0.25) is 14.6 Å². The van der Waals surface area contributed by atoms with Gasteiger partial charge < -0.3 is 10.2 Å². The van der Waals surface area contributed by atoms with E-state index in [4.69, 9.17) is 28.2 Å². The molecular formula is C35H45Cl2N7O2. The van der Waals surface area contributed by atoms with Crippen molar-refractivity contribution in [2.24, 2.45) is 21.7 Å². The molecule has 11 heteroatoms. The molecule has 0 saturated heterocycles. The van der Waals surface area contributed by atoms with Gasteiger partial charge in [-0.05, 0) is 98.1 Å². The van der Waals surface area contributed by atoms with E-state index in [1.807, 2.05) is 24.3 Å². The molecule has 246 valence electrons. The third-order valence-corrected chi connectivity index (χ3v) is 9.91. The molecule has 2 atom stereocenters. The highest BCUT2D eigenvalue weighted by Gasteiger charge is 2.52. The van der Waals surface area contributed by atoms with Crippen LogP contribution >= 0.6 is 23.2 Å². The van der Waals surface area contributed by atoms with Crippen molar-refractivity contribution in [3.63, 3.8) is 0 Å². The summed E-state index contributed by atoms with van der Waals surface area (Å²) in [6.07, 6.45) is 5.15. The minimum Gasteiger partial charge on any atom is -0.342 e. The maximum atomic E-state index is 14.7. The molecule has 0 unspecified atom stereocenters. The number of aromatic amines is 1. The number of hydrogen-bond acceptors (Lipinski definition) is 6. The minimum atomic E-state index is -0.679. The number of amides is 2. The molecule has 1 fully saturated rings. The van der Waals surface area contributed by atoms with Gasteiger partial charge >= 0.3 is 0 Å². The number of tetrazole rings is 1. The zero-order valence-corrected chi connectivity index (χ0v) is 29.3. The van der Waals surface area contributed by atoms with Crippen molar-refractivity contribution in [2.45, 2.75) is 105 Å². The van der Waals surface area contributed by atoms with Crippen molar-refractivity contribution in [3.05, 3.63) is 75.0 Å². The summed E-state index contributed by atoms with van der Waals surface area (Å²) in [5.74, 6) is 0.591. The first kappa shape index (κ1) is 34.0. The van der Waals surface area contributed by atoms with Crippen LogP contribution in [0.25, 0.3) is 0 Å². The summed E-state index contributed by atoms with van der Waals surface area (Å²) in [5.41, 5.74) is 2.07. The van der Waals surface area contributed by atoms with Crippen molar-refractivity contribution in [2.75, 3.05) is 0 Å². The Morgan fingerprint density at radius 1 is 1.04 bits per heavy atom. The number of halogens is 2. The number of rotatable bonds is 8. The van der Waals surface area contributed by atoms with Crippen LogP contribution in [-0.2, 0) is 4.79 Å². The van der Waals surface area contributed by atoms with Crippen LogP contribution in [0, 0.1) is 16.7 Å². The van der Waals surface area contributed by atoms with Crippen molar-refractivity contribution in [1.29, 1.82) is 0 Å². The van der Waals surface area contributed by atoms with E-state index in [1.54, 1.807) is 25.1 Å². The summed E-state index contributed by atoms with van der Waals surface area (Å²) >= 11 is 12.8. The van der Waals surface area contributed by atoms with Gasteiger partial charge in [0.1, 0.15) is 11.4 Å². The highest BCUT2D eigenvalue weighted by Crippen LogP contribution is 2.50. The average Bonchev–Trinajstić information content (AvgIpc) is 3.60. The van der Waals surface area contributed by atoms with Crippen LogP contribution in [0.3, 0.4) is 0 Å². The zero-order chi connectivity index (χ0) is 33.4. The SMILES string of the molecule is C[C@@H](NC(=O)c1ccc([C@@H](CCC(C)(C)C)N2C(=O)C(c3cc(Cl)cc(Cl)c3)=NC23CCC(C(C)(C)C)CC3)cc1)c1nn[nH]n1. The van der Waals surface area contributed by atoms with Crippen LogP contribution in [0.15, 0.2) is 47.5 Å². The highest BCUT2D eigenvalue weighted by molar-refractivity contribution is 6.47. The van der Waals surface area contributed by atoms with Crippen molar-refractivity contribution in [1.82, 2.24) is 30.8 Å². The summed E-state index contributed by atoms with van der Waals surface area (Å²) in [6, 6.07) is 12.1. The minimum absolute atomic E-state index is 0.0490. The maximum Gasteiger partial charge on any atom is 0.275 e. The lowest BCUT2D eigenvalue weighted by molar-refractivity contribution is -0.134. The molecule has 1 saturated carbocycles. The first-order valence-electron chi connectivity index (χ1n) is 16.1. The lowest BCUT2D eigenvalue weighted by Crippen LogP contribution is -2.51. The molecule has 2 heterocycles. The summed E-state index contributed by atoms with van der Waals surface area (Å²) < 4.78 is 0. The van der Waals surface area contributed by atoms with Gasteiger partial charge in [-0.15, -0.1) is 10.2 Å². The Bertz CT molecular complexity index is 1560. The van der Waals surface area contributed by atoms with Gasteiger partial charge in [-0.1, -0.05) is 82.1 Å². The van der Waals surface area contributed by atoms with Gasteiger partial charge in [0.05, 0.1) is 12.1 Å². The number of carbonyl (C=O) groups is 2. The quantitative estimate of drug-likeness (QED) is 0.252. The highest BCUT2D eigenvalue weighted by atomic mass is 35.5. The Morgan fingerprint density at radius 3 is 2.22 bits per heavy atom. The molecule has 0 radical (unpaired) electrons. The molecule has 46 heavy (non-hydrogen) atoms. The molecule has 3 aromatic rings. The fourth-order valence-electron chi connectivity index (χ4n) is 6.79. The summed E-state index contributed by atoms with van der Waals surface area (Å²) in [7, 11) is 0. The number of nitrogens with one attached hydrogen (secondary N) is 2. The summed E-state index contributed by atoms with van der Waals surface area (Å²) in [4.78, 5) is 35.1. The number of aromatic nitrogens is 4. The van der Waals surface area contributed by atoms with Gasteiger partial charge in [0, 0.05) is 21.2 Å². The second kappa shape index (κ2) is 13.1. The third kappa shape index (κ3) is 7.46. The maximum absolute atomic E-state index is 14.7. The summed E-state index contributed by atoms with van der Waals surface area (Å²) in [5, 5.41) is 17.8. The third-order valence-electron chi connectivity index (χ3n) is 9.47. The van der Waals surface area contributed by atoms with Gasteiger partial charge in [0.15, 0.2) is 5.82 Å². The van der Waals surface area contributed by atoms with Crippen molar-refractivity contribution >= 4 is 40.7 Å². The lowest BCUT2D eigenvalue weighted by atomic mass is 9.69. The number of aliphatic imine (C=N–C) groups is 1. The lowest BCUT2D eigenvalue weighted by Gasteiger charge is -2.47. The molecule has 2 amide bonds. The van der Waals surface area contributed by atoms with Crippen LogP contribution in [0.1, 0.15) is 126 Å². The first-order valence-corrected chi connectivity index (χ1v) is 16.9. The largest absolute Gasteiger partial charge is 0.342 e. The second-order valence-corrected chi connectivity index (χ2v) is 16.0. The van der Waals surface area contributed by atoms with E-state index in [9.17, 15) is 9.59 Å². The van der Waals surface area contributed by atoms with Crippen LogP contribution in [0.4, 0.5) is 0 Å². The fourth-order valence-corrected chi connectivity index (χ4v) is 7.32. The van der Waals surface area contributed by atoms with Gasteiger partial charge in [-0.2, -0.15) is 5.21 Å². The van der Waals surface area contributed by atoms with E-state index in [0.29, 0.717) is 38.6 Å². The Hall–Kier alpha value is -3.30. The van der Waals surface area contributed by atoms with Crippen LogP contribution in [0.5, 0.6) is 0 Å². The molecular weight excluding hydrogens is 621 g/mol. The normalized spacial score (nSPS) is 21.8. The summed E-state index contributed by atoms with van der Waals surface area (Å²) in [6.45, 7) is 15.3. The fraction of sp³-hybridized carbons (Fsp3) is 0.543. The number of nitrogens with zero attached hydrogens (tertiary/aromatic N) is 5. The Balaban J connectivity index is 1.51. The molecule has 2 N–H and O–H groups in total. The Kier molecular flexibility index (Phi) is 9.67. The molecule has 9 nitrogen and oxygen atoms in total. The Labute approximate surface area is 281 Å². The molecule has 2 aliphatic rings. The Morgan fingerprint density at radius 2 is 1.67 bits per heavy atom. The van der Waals surface area contributed by atoms with Gasteiger partial charge in [-0.25, -0.2) is 0 Å². The predicted molar refractivity (Wildman–Crippen MR) is 182 cm³/mol. The number of benzene rings is 2. The first-order chi connectivity index (χ1) is 21.6. The van der Waals surface area contributed by atoms with E-state index in [0.717, 1.165) is 44.1 Å². The molecule has 0 bridgehead atoms. The molecule has 1 aliphatic carbocycles. The standard InChI is InChI=1S/C35H45Cl2N7O2/c1-21(30-40-42-43-41-30)38-31(45)23-10-8-22(9-11-23)28(14-15-33(2,3)4)44-32(46)29(24-18-26(36)20-27(37)19-24)39-35(44)16-12-25(13-17-35)34(5,6)7/h8-11,18-21,25,28H,12-17H2,1-7H3,(H,38,45)(H,40,41,42,43)/t21-,25?,28-,35?/m1/s1. The monoisotopic (exact) mass is 665 g/mol. The number of hydrogen-bond donors (Lipinski definition) is 2.